The van der Waals surface area contributed by atoms with Crippen molar-refractivity contribution in [1.29, 1.82) is 0 Å². The van der Waals surface area contributed by atoms with Crippen molar-refractivity contribution in [3.05, 3.63) is 64.2 Å². The molecule has 2 aromatic rings. The number of hydrogen-bond donors (Lipinski definition) is 0. The van der Waals surface area contributed by atoms with Crippen molar-refractivity contribution in [3.8, 4) is 0 Å². The summed E-state index contributed by atoms with van der Waals surface area (Å²) < 4.78 is 5.25. The van der Waals surface area contributed by atoms with Crippen molar-refractivity contribution in [3.63, 3.8) is 0 Å². The lowest BCUT2D eigenvalue weighted by molar-refractivity contribution is -0.133. The number of halogens is 1. The van der Waals surface area contributed by atoms with Crippen LogP contribution in [0.5, 0.6) is 0 Å². The molecule has 0 bridgehead atoms. The molecule has 0 atom stereocenters. The summed E-state index contributed by atoms with van der Waals surface area (Å²) in [4.78, 5) is 13.2. The second-order valence-corrected chi connectivity index (χ2v) is 6.40. The summed E-state index contributed by atoms with van der Waals surface area (Å²) in [6.07, 6.45) is 1.99. The second kappa shape index (κ2) is 6.19. The standard InChI is InChI=1S/C18H15ClO2S/c1-11-3-5-12(6-4-11)17-14(10-21-18(17)20)13-7-8-16(22-2)15(19)9-13/h3-9H,10H2,1-2H3. The average Bonchev–Trinajstić information content (AvgIpc) is 2.90. The molecule has 0 aliphatic carbocycles. The largest absolute Gasteiger partial charge is 0.457 e. The Bertz CT molecular complexity index is 763. The molecule has 0 unspecified atom stereocenters. The number of hydrogen-bond acceptors (Lipinski definition) is 3. The van der Waals surface area contributed by atoms with E-state index < -0.39 is 0 Å². The molecular formula is C18H15ClO2S. The lowest BCUT2D eigenvalue weighted by Gasteiger charge is -2.07. The third kappa shape index (κ3) is 2.79. The van der Waals surface area contributed by atoms with E-state index in [4.69, 9.17) is 16.3 Å². The van der Waals surface area contributed by atoms with E-state index >= 15 is 0 Å². The molecule has 0 saturated heterocycles. The number of carbonyl (C=O) groups excluding carboxylic acids is 1. The fourth-order valence-corrected chi connectivity index (χ4v) is 3.37. The van der Waals surface area contributed by atoms with E-state index in [0.29, 0.717) is 10.6 Å². The fourth-order valence-electron chi connectivity index (χ4n) is 2.50. The van der Waals surface area contributed by atoms with Crippen LogP contribution in [0.4, 0.5) is 0 Å². The van der Waals surface area contributed by atoms with Gasteiger partial charge in [0, 0.05) is 10.5 Å². The Balaban J connectivity index is 2.11. The number of ether oxygens (including phenoxy) is 1. The smallest absolute Gasteiger partial charge is 0.339 e. The van der Waals surface area contributed by atoms with Crippen molar-refractivity contribution in [2.45, 2.75) is 11.8 Å². The van der Waals surface area contributed by atoms with Crippen molar-refractivity contribution in [2.75, 3.05) is 12.9 Å². The first-order valence-electron chi connectivity index (χ1n) is 6.91. The predicted molar refractivity (Wildman–Crippen MR) is 92.2 cm³/mol. The van der Waals surface area contributed by atoms with Crippen LogP contribution in [0.15, 0.2) is 47.4 Å². The zero-order valence-corrected chi connectivity index (χ0v) is 13.9. The minimum absolute atomic E-state index is 0.274. The van der Waals surface area contributed by atoms with Gasteiger partial charge in [-0.2, -0.15) is 0 Å². The van der Waals surface area contributed by atoms with Crippen LogP contribution in [0.25, 0.3) is 11.1 Å². The Hall–Kier alpha value is -1.71. The van der Waals surface area contributed by atoms with Gasteiger partial charge in [0.05, 0.1) is 10.6 Å². The molecule has 0 radical (unpaired) electrons. The van der Waals surface area contributed by atoms with Crippen LogP contribution in [-0.4, -0.2) is 18.8 Å². The average molecular weight is 331 g/mol. The molecule has 0 N–H and O–H groups in total. The van der Waals surface area contributed by atoms with Gasteiger partial charge in [0.15, 0.2) is 0 Å². The summed E-state index contributed by atoms with van der Waals surface area (Å²) in [6.45, 7) is 2.31. The number of aryl methyl sites for hydroxylation is 1. The highest BCUT2D eigenvalue weighted by molar-refractivity contribution is 7.98. The van der Waals surface area contributed by atoms with Crippen LogP contribution in [-0.2, 0) is 9.53 Å². The third-order valence-corrected chi connectivity index (χ3v) is 4.91. The van der Waals surface area contributed by atoms with E-state index in [2.05, 4.69) is 0 Å². The molecule has 0 saturated carbocycles. The fraction of sp³-hybridized carbons (Fsp3) is 0.167. The lowest BCUT2D eigenvalue weighted by atomic mass is 9.96. The summed E-state index contributed by atoms with van der Waals surface area (Å²) in [5, 5.41) is 0.695. The van der Waals surface area contributed by atoms with Crippen molar-refractivity contribution >= 4 is 40.5 Å². The second-order valence-electron chi connectivity index (χ2n) is 5.15. The summed E-state index contributed by atoms with van der Waals surface area (Å²) in [7, 11) is 0. The zero-order valence-electron chi connectivity index (χ0n) is 12.4. The van der Waals surface area contributed by atoms with Gasteiger partial charge in [0.2, 0.25) is 0 Å². The van der Waals surface area contributed by atoms with Gasteiger partial charge in [0.1, 0.15) is 6.61 Å². The van der Waals surface area contributed by atoms with E-state index in [1.54, 1.807) is 11.8 Å². The zero-order chi connectivity index (χ0) is 15.7. The van der Waals surface area contributed by atoms with Crippen molar-refractivity contribution in [1.82, 2.24) is 0 Å². The maximum atomic E-state index is 12.1. The van der Waals surface area contributed by atoms with Crippen LogP contribution in [0.2, 0.25) is 5.02 Å². The monoisotopic (exact) mass is 330 g/mol. The van der Waals surface area contributed by atoms with Crippen LogP contribution in [0.1, 0.15) is 16.7 Å². The van der Waals surface area contributed by atoms with E-state index in [9.17, 15) is 4.79 Å². The number of thioether (sulfide) groups is 1. The molecule has 2 nitrogen and oxygen atoms in total. The van der Waals surface area contributed by atoms with Crippen LogP contribution in [0, 0.1) is 6.92 Å². The Morgan fingerprint density at radius 2 is 1.77 bits per heavy atom. The normalized spacial score (nSPS) is 14.4. The van der Waals surface area contributed by atoms with Gasteiger partial charge in [-0.15, -0.1) is 11.8 Å². The molecule has 1 aliphatic rings. The molecule has 0 amide bonds. The van der Waals surface area contributed by atoms with Gasteiger partial charge in [0.25, 0.3) is 0 Å². The highest BCUT2D eigenvalue weighted by Crippen LogP contribution is 2.35. The maximum Gasteiger partial charge on any atom is 0.339 e. The molecule has 2 aromatic carbocycles. The molecule has 4 heteroatoms. The third-order valence-electron chi connectivity index (χ3n) is 3.69. The summed E-state index contributed by atoms with van der Waals surface area (Å²) >= 11 is 7.89. The van der Waals surface area contributed by atoms with Crippen LogP contribution >= 0.6 is 23.4 Å². The first-order chi connectivity index (χ1) is 10.6. The van der Waals surface area contributed by atoms with E-state index in [0.717, 1.165) is 27.2 Å². The number of cyclic esters (lactones) is 1. The molecule has 3 rings (SSSR count). The van der Waals surface area contributed by atoms with Crippen LogP contribution in [0.3, 0.4) is 0 Å². The molecule has 1 aliphatic heterocycles. The molecule has 22 heavy (non-hydrogen) atoms. The van der Waals surface area contributed by atoms with E-state index in [1.165, 1.54) is 0 Å². The van der Waals surface area contributed by atoms with Gasteiger partial charge < -0.3 is 4.74 Å². The molecular weight excluding hydrogens is 316 g/mol. The number of benzene rings is 2. The first kappa shape index (κ1) is 15.2. The molecule has 112 valence electrons. The highest BCUT2D eigenvalue weighted by atomic mass is 35.5. The molecule has 0 fully saturated rings. The molecule has 1 heterocycles. The Morgan fingerprint density at radius 1 is 1.09 bits per heavy atom. The van der Waals surface area contributed by atoms with Crippen molar-refractivity contribution in [2.24, 2.45) is 0 Å². The Labute approximate surface area is 139 Å². The lowest BCUT2D eigenvalue weighted by Crippen LogP contribution is -1.98. The minimum atomic E-state index is -0.274. The SMILES string of the molecule is CSc1ccc(C2=C(c3ccc(C)cc3)C(=O)OC2)cc1Cl. The van der Waals surface area contributed by atoms with E-state index in [1.807, 2.05) is 55.6 Å². The Morgan fingerprint density at radius 3 is 2.41 bits per heavy atom. The summed E-state index contributed by atoms with van der Waals surface area (Å²) in [5.74, 6) is -0.274. The minimum Gasteiger partial charge on any atom is -0.457 e. The number of carbonyl (C=O) groups is 1. The van der Waals surface area contributed by atoms with E-state index in [-0.39, 0.29) is 12.6 Å². The first-order valence-corrected chi connectivity index (χ1v) is 8.51. The van der Waals surface area contributed by atoms with Gasteiger partial charge in [-0.05, 0) is 36.4 Å². The Kier molecular flexibility index (Phi) is 4.27. The van der Waals surface area contributed by atoms with Gasteiger partial charge in [-0.25, -0.2) is 4.79 Å². The number of esters is 1. The van der Waals surface area contributed by atoms with Gasteiger partial charge >= 0.3 is 5.97 Å². The topological polar surface area (TPSA) is 26.3 Å². The predicted octanol–water partition coefficient (Wildman–Crippen LogP) is 4.84. The van der Waals surface area contributed by atoms with Crippen LogP contribution < -0.4 is 0 Å². The molecule has 0 spiro atoms. The molecule has 0 aromatic heterocycles. The number of rotatable bonds is 3. The quantitative estimate of drug-likeness (QED) is 0.595. The summed E-state index contributed by atoms with van der Waals surface area (Å²) in [6, 6.07) is 13.8. The summed E-state index contributed by atoms with van der Waals surface area (Å²) in [5.41, 5.74) is 4.50. The van der Waals surface area contributed by atoms with Crippen molar-refractivity contribution < 1.29 is 9.53 Å². The highest BCUT2D eigenvalue weighted by Gasteiger charge is 2.27. The maximum absolute atomic E-state index is 12.1. The van der Waals surface area contributed by atoms with Gasteiger partial charge in [-0.1, -0.05) is 47.5 Å². The van der Waals surface area contributed by atoms with Gasteiger partial charge in [-0.3, -0.25) is 0 Å².